The summed E-state index contributed by atoms with van der Waals surface area (Å²) in [6.07, 6.45) is 8.11. The minimum atomic E-state index is -3.29. The van der Waals surface area contributed by atoms with Crippen molar-refractivity contribution in [2.75, 3.05) is 0 Å². The van der Waals surface area contributed by atoms with Crippen LogP contribution in [0.25, 0.3) is 54.9 Å². The summed E-state index contributed by atoms with van der Waals surface area (Å²) in [5.41, 5.74) is 16.0. The summed E-state index contributed by atoms with van der Waals surface area (Å²) in [5, 5.41) is 6.10. The van der Waals surface area contributed by atoms with Crippen molar-refractivity contribution in [3.8, 4) is 33.4 Å². The van der Waals surface area contributed by atoms with Crippen molar-refractivity contribution < 1.29 is 46.1 Å². The second-order valence-electron chi connectivity index (χ2n) is 19.0. The van der Waals surface area contributed by atoms with Crippen LogP contribution in [-0.2, 0) is 32.1 Å². The van der Waals surface area contributed by atoms with Gasteiger partial charge in [-0.15, -0.1) is 0 Å². The molecule has 0 spiro atoms. The molecule has 0 saturated carbocycles. The van der Waals surface area contributed by atoms with Crippen LogP contribution in [0.3, 0.4) is 0 Å². The van der Waals surface area contributed by atoms with Gasteiger partial charge < -0.3 is 24.8 Å². The predicted molar refractivity (Wildman–Crippen MR) is 265 cm³/mol. The summed E-state index contributed by atoms with van der Waals surface area (Å²) in [6.45, 7) is 14.2. The molecule has 0 amide bonds. The number of hydrogen-bond acceptors (Lipinski definition) is 0. The predicted octanol–water partition coefficient (Wildman–Crippen LogP) is 11.0. The molecule has 8 aromatic rings. The van der Waals surface area contributed by atoms with Gasteiger partial charge in [0.05, 0.1) is 0 Å². The topological polar surface area (TPSA) is 0 Å². The van der Waals surface area contributed by atoms with Crippen molar-refractivity contribution in [3.63, 3.8) is 0 Å². The van der Waals surface area contributed by atoms with Crippen LogP contribution in [0.15, 0.2) is 179 Å². The van der Waals surface area contributed by atoms with Gasteiger partial charge in [0.2, 0.25) is 0 Å². The minimum Gasteiger partial charge on any atom is -1.00 e. The number of rotatable bonds is 6. The van der Waals surface area contributed by atoms with Crippen molar-refractivity contribution in [3.05, 3.63) is 223 Å². The molecule has 0 fully saturated rings. The van der Waals surface area contributed by atoms with E-state index in [-0.39, 0.29) is 39.3 Å². The van der Waals surface area contributed by atoms with Crippen molar-refractivity contribution >= 4 is 48.0 Å². The molecule has 10 rings (SSSR count). The summed E-state index contributed by atoms with van der Waals surface area (Å²) >= 11 is 10.9. The van der Waals surface area contributed by atoms with Crippen LogP contribution in [0.5, 0.6) is 0 Å². The third-order valence-corrected chi connectivity index (χ3v) is 21.9. The second kappa shape index (κ2) is 18.2. The van der Waals surface area contributed by atoms with Gasteiger partial charge in [-0.05, 0) is 0 Å². The van der Waals surface area contributed by atoms with Gasteiger partial charge in [-0.3, -0.25) is 0 Å². The van der Waals surface area contributed by atoms with E-state index in [9.17, 15) is 0 Å². The third kappa shape index (κ3) is 8.16. The summed E-state index contributed by atoms with van der Waals surface area (Å²) in [5.74, 6) is 0. The molecule has 0 heterocycles. The maximum absolute atomic E-state index is 7.09. The largest absolute Gasteiger partial charge is 1.00 e. The molecule has 0 aliphatic heterocycles. The molecule has 0 N–H and O–H groups in total. The molecule has 2 aliphatic rings. The molecule has 0 aromatic heterocycles. The zero-order chi connectivity index (χ0) is 42.9. The van der Waals surface area contributed by atoms with Crippen LogP contribution in [0.4, 0.5) is 0 Å². The minimum absolute atomic E-state index is 0. The number of benzene rings is 8. The Labute approximate surface area is 409 Å². The third-order valence-electron chi connectivity index (χ3n) is 13.0. The number of fused-ring (bicyclic) bond motifs is 5. The fourth-order valence-corrected chi connectivity index (χ4v) is 19.7. The Hall–Kier alpha value is -4.33. The smallest absolute Gasteiger partial charge is 1.00 e. The quantitative estimate of drug-likeness (QED) is 0.156. The van der Waals surface area contributed by atoms with Crippen LogP contribution in [0.1, 0.15) is 85.0 Å². The standard InChI is InChI=1S/C33H33.C21H12Cl2.C5H5.2ClH.Zr/c1-32(2,3)30-20-26-24(18-28(30)22-13-9-7-10-14-22)17-25-19-29(23-15-11-8-12-16-23)31(21-27(25)26)33(4,5)6;22-20-11-9-14(16-5-1-3-7-18(16)20)13-15-10-12-21(23)19-8-4-2-6-17(15)19;1-2-4-5-3-1;;;/h7-21H,1-6H3;1-12H;1-3H,4H2;2*1H;/q;;;;;+2/p-2. The first kappa shape index (κ1) is 46.2. The first-order valence-electron chi connectivity index (χ1n) is 21.8. The average Bonchev–Trinajstić information content (AvgIpc) is 3.92. The summed E-state index contributed by atoms with van der Waals surface area (Å²) in [7, 11) is 0. The summed E-state index contributed by atoms with van der Waals surface area (Å²) in [4.78, 5) is 0. The molecular weight excluding hydrogens is 942 g/mol. The first-order valence-corrected chi connectivity index (χ1v) is 26.5. The van der Waals surface area contributed by atoms with E-state index in [0.29, 0.717) is 0 Å². The van der Waals surface area contributed by atoms with Gasteiger partial charge in [0.1, 0.15) is 0 Å². The summed E-state index contributed by atoms with van der Waals surface area (Å²) < 4.78 is 3.24. The Morgan fingerprint density at radius 1 is 0.484 bits per heavy atom. The number of hydrogen-bond donors (Lipinski definition) is 0. The number of allylic oxidation sites excluding steroid dienone is 4. The average molecular weight is 992 g/mol. The van der Waals surface area contributed by atoms with Gasteiger partial charge in [-0.1, -0.05) is 0 Å². The van der Waals surface area contributed by atoms with E-state index in [0.717, 1.165) is 27.2 Å². The first-order chi connectivity index (χ1) is 29.9. The molecule has 0 unspecified atom stereocenters. The van der Waals surface area contributed by atoms with Crippen molar-refractivity contribution in [1.82, 2.24) is 0 Å². The van der Waals surface area contributed by atoms with E-state index >= 15 is 0 Å². The van der Waals surface area contributed by atoms with Crippen molar-refractivity contribution in [2.45, 2.75) is 62.4 Å². The van der Waals surface area contributed by atoms with E-state index in [1.165, 1.54) is 80.7 Å². The van der Waals surface area contributed by atoms with Crippen molar-refractivity contribution in [1.29, 1.82) is 0 Å². The Morgan fingerprint density at radius 3 is 1.28 bits per heavy atom. The van der Waals surface area contributed by atoms with Crippen LogP contribution in [0, 0.1) is 0 Å². The van der Waals surface area contributed by atoms with Crippen LogP contribution in [0.2, 0.25) is 10.0 Å². The zero-order valence-electron chi connectivity index (χ0n) is 37.0. The van der Waals surface area contributed by atoms with Crippen LogP contribution < -0.4 is 24.8 Å². The van der Waals surface area contributed by atoms with Gasteiger partial charge in [-0.25, -0.2) is 0 Å². The maximum atomic E-state index is 7.09. The normalized spacial score (nSPS) is 13.1. The molecule has 8 aromatic carbocycles. The molecule has 318 valence electrons. The zero-order valence-corrected chi connectivity index (χ0v) is 42.5. The van der Waals surface area contributed by atoms with Gasteiger partial charge in [0, 0.05) is 0 Å². The molecule has 5 heteroatoms. The fourth-order valence-electron chi connectivity index (χ4n) is 10.1. The second-order valence-corrected chi connectivity index (χ2v) is 26.1. The maximum Gasteiger partial charge on any atom is -1.00 e. The number of halogens is 4. The fraction of sp³-hybridized carbons (Fsp3) is 0.169. The monoisotopic (exact) mass is 988 g/mol. The molecule has 0 bridgehead atoms. The van der Waals surface area contributed by atoms with E-state index in [1.54, 1.807) is 3.28 Å². The van der Waals surface area contributed by atoms with E-state index < -0.39 is 21.3 Å². The molecule has 0 radical (unpaired) electrons. The van der Waals surface area contributed by atoms with Gasteiger partial charge in [-0.2, -0.15) is 0 Å². The molecular formula is C59H50Cl4Zr. The Kier molecular flexibility index (Phi) is 13.1. The molecule has 0 nitrogen and oxygen atoms in total. The Morgan fingerprint density at radius 2 is 0.891 bits per heavy atom. The molecule has 0 saturated heterocycles. The molecule has 0 atom stereocenters. The van der Waals surface area contributed by atoms with E-state index in [2.05, 4.69) is 217 Å². The SMILES string of the molecule is CC(C)(C)c1cc2c(cc1-c1ccccc1)[CH]([Zr+2]([C]1=CC=CC1)=[C](c1ccc(Cl)c3ccccc13)c1ccc(Cl)c3ccccc13)c1cc(-c3ccccc3)c(C(C)(C)C)cc1-2.[Cl-].[Cl-]. The van der Waals surface area contributed by atoms with Crippen LogP contribution >= 0.6 is 23.2 Å². The van der Waals surface area contributed by atoms with Gasteiger partial charge in [0.25, 0.3) is 0 Å². The molecule has 64 heavy (non-hydrogen) atoms. The van der Waals surface area contributed by atoms with Gasteiger partial charge >= 0.3 is 388 Å². The molecule has 2 aliphatic carbocycles. The van der Waals surface area contributed by atoms with Crippen molar-refractivity contribution in [2.24, 2.45) is 0 Å². The van der Waals surface area contributed by atoms with E-state index in [1.807, 2.05) is 0 Å². The Balaban J connectivity index is 0.00000280. The van der Waals surface area contributed by atoms with E-state index in [4.69, 9.17) is 23.2 Å². The summed E-state index contributed by atoms with van der Waals surface area (Å²) in [6, 6.07) is 58.9. The van der Waals surface area contributed by atoms with Crippen LogP contribution in [-0.4, -0.2) is 3.21 Å². The Bertz CT molecular complexity index is 2990. The van der Waals surface area contributed by atoms with Gasteiger partial charge in [0.15, 0.2) is 0 Å².